The van der Waals surface area contributed by atoms with Gasteiger partial charge in [-0.15, -0.1) is 0 Å². The zero-order chi connectivity index (χ0) is 42.3. The molecule has 5 aliphatic carbocycles. The summed E-state index contributed by atoms with van der Waals surface area (Å²) >= 11 is 0. The molecule has 1 aliphatic heterocycles. The summed E-state index contributed by atoms with van der Waals surface area (Å²) in [6, 6.07) is 0. The van der Waals surface area contributed by atoms with E-state index in [-0.39, 0.29) is 33.7 Å². The van der Waals surface area contributed by atoms with Crippen LogP contribution in [0, 0.1) is 50.2 Å². The van der Waals surface area contributed by atoms with E-state index in [1.54, 1.807) is 0 Å². The molecule has 3 N–H and O–H groups in total. The Kier molecular flexibility index (Phi) is 11.4. The number of allylic oxidation sites excluding steroid dienone is 2. The second-order valence-corrected chi connectivity index (χ2v) is 20.4. The molecule has 6 aliphatic rings. The Morgan fingerprint density at radius 2 is 1.35 bits per heavy atom. The van der Waals surface area contributed by atoms with Gasteiger partial charge in [0.15, 0.2) is 24.5 Å². The molecule has 14 atom stereocenters. The van der Waals surface area contributed by atoms with Gasteiger partial charge in [-0.2, -0.15) is 0 Å². The average Bonchev–Trinajstić information content (AvgIpc) is 3.08. The second-order valence-electron chi connectivity index (χ2n) is 20.4. The van der Waals surface area contributed by atoms with Crippen LogP contribution in [-0.4, -0.2) is 89.5 Å². The van der Waals surface area contributed by atoms with Crippen LogP contribution in [0.1, 0.15) is 134 Å². The summed E-state index contributed by atoms with van der Waals surface area (Å²) in [6.45, 7) is 20.3. The molecule has 0 aromatic carbocycles. The lowest BCUT2D eigenvalue weighted by Crippen LogP contribution is -2.71. The Morgan fingerprint density at radius 3 is 1.96 bits per heavy atom. The van der Waals surface area contributed by atoms with Crippen molar-refractivity contribution in [3.05, 3.63) is 11.6 Å². The summed E-state index contributed by atoms with van der Waals surface area (Å²) in [5, 5.41) is 26.9. The quantitative estimate of drug-likeness (QED) is 0.171. The molecule has 0 aromatic heterocycles. The van der Waals surface area contributed by atoms with Crippen LogP contribution in [-0.2, 0) is 47.7 Å². The third kappa shape index (κ3) is 7.13. The normalized spacial score (nSPS) is 44.3. The largest absolute Gasteiger partial charge is 0.463 e. The number of carbonyl (C=O) groups excluding carboxylic acids is 5. The maximum Gasteiger partial charge on any atom is 0.303 e. The maximum atomic E-state index is 15.3. The maximum absolute atomic E-state index is 15.3. The Bertz CT molecular complexity index is 1670. The van der Waals surface area contributed by atoms with Crippen LogP contribution >= 0.6 is 0 Å². The van der Waals surface area contributed by atoms with Gasteiger partial charge in [-0.3, -0.25) is 24.0 Å². The predicted molar refractivity (Wildman–Crippen MR) is 207 cm³/mol. The van der Waals surface area contributed by atoms with Gasteiger partial charge in [0, 0.05) is 27.7 Å². The van der Waals surface area contributed by atoms with Crippen LogP contribution in [0.3, 0.4) is 0 Å². The molecule has 1 amide bonds. The molecule has 0 radical (unpaired) electrons. The first-order valence-electron chi connectivity index (χ1n) is 21.0. The summed E-state index contributed by atoms with van der Waals surface area (Å²) in [7, 11) is 0. The molecule has 1 heterocycles. The van der Waals surface area contributed by atoms with Crippen LogP contribution in [0.2, 0.25) is 0 Å². The molecule has 1 saturated heterocycles. The molecule has 4 saturated carbocycles. The number of aliphatic hydroxyl groups excluding tert-OH is 2. The summed E-state index contributed by atoms with van der Waals surface area (Å²) in [5.41, 5.74) is -0.993. The highest BCUT2D eigenvalue weighted by molar-refractivity contribution is 5.85. The number of nitrogens with one attached hydrogen (secondary N) is 1. The molecule has 0 spiro atoms. The fraction of sp³-hybridized carbons (Fsp3) is 0.841. The van der Waals surface area contributed by atoms with Gasteiger partial charge >= 0.3 is 23.9 Å². The van der Waals surface area contributed by atoms with Gasteiger partial charge in [0.1, 0.15) is 12.7 Å². The van der Waals surface area contributed by atoms with E-state index in [4.69, 9.17) is 23.7 Å². The first-order chi connectivity index (χ1) is 26.3. The van der Waals surface area contributed by atoms with Crippen molar-refractivity contribution in [1.29, 1.82) is 0 Å². The van der Waals surface area contributed by atoms with E-state index in [1.165, 1.54) is 12.5 Å². The Balaban J connectivity index is 1.40. The summed E-state index contributed by atoms with van der Waals surface area (Å²) < 4.78 is 28.4. The highest BCUT2D eigenvalue weighted by atomic mass is 16.7. The number of hydrogen-bond acceptors (Lipinski definition) is 12. The molecule has 13 heteroatoms. The summed E-state index contributed by atoms with van der Waals surface area (Å²) in [4.78, 5) is 64.6. The number of amides is 1. The Hall–Kier alpha value is -3.03. The smallest absolute Gasteiger partial charge is 0.303 e. The minimum absolute atomic E-state index is 0.00138. The lowest BCUT2D eigenvalue weighted by Gasteiger charge is -2.71. The minimum atomic E-state index is -1.46. The molecular formula is C44H67NO12. The number of fused-ring (bicyclic) bond motifs is 7. The van der Waals surface area contributed by atoms with Gasteiger partial charge in [-0.25, -0.2) is 0 Å². The molecular weight excluding hydrogens is 734 g/mol. The van der Waals surface area contributed by atoms with E-state index in [2.05, 4.69) is 59.9 Å². The van der Waals surface area contributed by atoms with Crippen molar-refractivity contribution >= 4 is 29.8 Å². The molecule has 57 heavy (non-hydrogen) atoms. The lowest BCUT2D eigenvalue weighted by molar-refractivity contribution is -0.258. The molecule has 320 valence electrons. The van der Waals surface area contributed by atoms with E-state index in [0.29, 0.717) is 37.5 Å². The SMILES string of the molecule is CC(=O)OC[C@@H]1O[C@H](NC(=O)[C@]23CCC(C)(C)C[C@H]2C2=CC[C@@H]4[C@@]5(C)CC[C@H](O)C(C)(C)C5CC[C@@]4(C)[C@]2(C)CC3O)[C@@H](OC(C)=O)[C@H](OC(C)=O)[C@@H]1OC(C)=O. The predicted octanol–water partition coefficient (Wildman–Crippen LogP) is 5.32. The van der Waals surface area contributed by atoms with Crippen LogP contribution in [0.15, 0.2) is 11.6 Å². The van der Waals surface area contributed by atoms with Crippen molar-refractivity contribution in [2.24, 2.45) is 50.2 Å². The van der Waals surface area contributed by atoms with Gasteiger partial charge in [0.25, 0.3) is 0 Å². The third-order valence-electron chi connectivity index (χ3n) is 16.4. The van der Waals surface area contributed by atoms with Crippen molar-refractivity contribution in [2.75, 3.05) is 6.61 Å². The lowest BCUT2D eigenvalue weighted by atomic mass is 9.33. The number of esters is 4. The molecule has 6 rings (SSSR count). The number of aliphatic hydroxyl groups is 2. The topological polar surface area (TPSA) is 184 Å². The Labute approximate surface area is 337 Å². The standard InChI is InChI=1S/C44H67NO12/c1-23(46)53-22-29-34(54-24(2)47)35(55-25(3)48)36(56-26(4)49)37(57-29)45-38(52)44-19-18-39(5,6)20-28(44)27-12-13-31-41(9)16-15-32(50)40(7,8)30(41)14-17-42(31,10)43(27,11)21-33(44)51/h12,28-37,50-51H,13-22H2,1-11H3,(H,45,52)/t28-,29-,30?,31+,32-,33?,34+,35+,36-,37-,41-,42+,43+,44+/m0/s1. The molecule has 0 bridgehead atoms. The Morgan fingerprint density at radius 1 is 0.737 bits per heavy atom. The van der Waals surface area contributed by atoms with Gasteiger partial charge in [0.2, 0.25) is 5.91 Å². The van der Waals surface area contributed by atoms with E-state index in [0.717, 1.165) is 52.9 Å². The van der Waals surface area contributed by atoms with Crippen LogP contribution in [0.4, 0.5) is 0 Å². The third-order valence-corrected chi connectivity index (χ3v) is 16.4. The monoisotopic (exact) mass is 801 g/mol. The number of rotatable bonds is 7. The average molecular weight is 802 g/mol. The zero-order valence-corrected chi connectivity index (χ0v) is 35.9. The minimum Gasteiger partial charge on any atom is -0.463 e. The van der Waals surface area contributed by atoms with Gasteiger partial charge in [-0.05, 0) is 103 Å². The van der Waals surface area contributed by atoms with Crippen molar-refractivity contribution < 1.29 is 57.9 Å². The summed E-state index contributed by atoms with van der Waals surface area (Å²) in [6.07, 6.45) is 0.698. The van der Waals surface area contributed by atoms with Crippen molar-refractivity contribution in [3.63, 3.8) is 0 Å². The first-order valence-corrected chi connectivity index (χ1v) is 21.0. The first kappa shape index (κ1) is 43.5. The second kappa shape index (κ2) is 14.9. The molecule has 13 nitrogen and oxygen atoms in total. The van der Waals surface area contributed by atoms with E-state index in [1.807, 2.05) is 0 Å². The molecule has 2 unspecified atom stereocenters. The highest BCUT2D eigenvalue weighted by Crippen LogP contribution is 2.75. The van der Waals surface area contributed by atoms with Crippen LogP contribution < -0.4 is 5.32 Å². The van der Waals surface area contributed by atoms with E-state index in [9.17, 15) is 29.4 Å². The van der Waals surface area contributed by atoms with E-state index < -0.39 is 84.0 Å². The van der Waals surface area contributed by atoms with Crippen LogP contribution in [0.25, 0.3) is 0 Å². The van der Waals surface area contributed by atoms with Crippen molar-refractivity contribution in [1.82, 2.24) is 5.32 Å². The number of carbonyl (C=O) groups is 5. The van der Waals surface area contributed by atoms with Gasteiger partial charge < -0.3 is 39.2 Å². The fourth-order valence-corrected chi connectivity index (χ4v) is 13.4. The van der Waals surface area contributed by atoms with Crippen molar-refractivity contribution in [2.45, 2.75) is 177 Å². The molecule has 0 aromatic rings. The van der Waals surface area contributed by atoms with Gasteiger partial charge in [0.05, 0.1) is 17.6 Å². The summed E-state index contributed by atoms with van der Waals surface area (Å²) in [5.74, 6) is -3.05. The zero-order valence-electron chi connectivity index (χ0n) is 35.9. The molecule has 5 fully saturated rings. The number of ether oxygens (including phenoxy) is 5. The van der Waals surface area contributed by atoms with Crippen LogP contribution in [0.5, 0.6) is 0 Å². The van der Waals surface area contributed by atoms with Gasteiger partial charge in [-0.1, -0.05) is 60.1 Å². The number of hydrogen-bond donors (Lipinski definition) is 3. The highest BCUT2D eigenvalue weighted by Gasteiger charge is 2.71. The van der Waals surface area contributed by atoms with Crippen molar-refractivity contribution in [3.8, 4) is 0 Å². The fourth-order valence-electron chi connectivity index (χ4n) is 13.4. The van der Waals surface area contributed by atoms with E-state index >= 15 is 4.79 Å².